The summed E-state index contributed by atoms with van der Waals surface area (Å²) in [5, 5.41) is 0. The summed E-state index contributed by atoms with van der Waals surface area (Å²) in [7, 11) is 0. The molecule has 20 heavy (non-hydrogen) atoms. The maximum absolute atomic E-state index is 12.5. The van der Waals surface area contributed by atoms with Crippen molar-refractivity contribution in [1.29, 1.82) is 0 Å². The summed E-state index contributed by atoms with van der Waals surface area (Å²) in [5.41, 5.74) is 8.63. The van der Waals surface area contributed by atoms with Crippen molar-refractivity contribution >= 4 is 5.69 Å². The zero-order valence-electron chi connectivity index (χ0n) is 12.3. The predicted octanol–water partition coefficient (Wildman–Crippen LogP) is 3.66. The number of hydrogen-bond acceptors (Lipinski definition) is 2. The predicted molar refractivity (Wildman–Crippen MR) is 77.1 cm³/mol. The molecule has 1 aromatic rings. The van der Waals surface area contributed by atoms with Crippen LogP contribution in [0.3, 0.4) is 0 Å². The molecular formula is C15H23F3N2. The number of benzene rings is 1. The van der Waals surface area contributed by atoms with E-state index in [9.17, 15) is 13.2 Å². The standard InChI is InChI=1S/C15H23F3N2/c1-4-13(19)9-12-6-7-14(8-11(12)3)20(5-2)10-15(16,17)18/h6-8,13H,4-5,9-10,19H2,1-3H3. The van der Waals surface area contributed by atoms with Crippen molar-refractivity contribution < 1.29 is 13.2 Å². The van der Waals surface area contributed by atoms with Gasteiger partial charge in [-0.05, 0) is 49.9 Å². The third-order valence-electron chi connectivity index (χ3n) is 3.45. The largest absolute Gasteiger partial charge is 0.405 e. The number of nitrogens with zero attached hydrogens (tertiary/aromatic N) is 1. The summed E-state index contributed by atoms with van der Waals surface area (Å²) in [4.78, 5) is 1.33. The molecule has 114 valence electrons. The van der Waals surface area contributed by atoms with Crippen molar-refractivity contribution in [3.63, 3.8) is 0 Å². The Labute approximate surface area is 118 Å². The van der Waals surface area contributed by atoms with Gasteiger partial charge in [-0.15, -0.1) is 0 Å². The molecule has 0 saturated heterocycles. The number of anilines is 1. The summed E-state index contributed by atoms with van der Waals surface area (Å²) in [6.07, 6.45) is -2.54. The zero-order chi connectivity index (χ0) is 15.3. The van der Waals surface area contributed by atoms with Gasteiger partial charge in [0.05, 0.1) is 0 Å². The second-order valence-electron chi connectivity index (χ2n) is 5.11. The first-order chi connectivity index (χ1) is 9.26. The lowest BCUT2D eigenvalue weighted by molar-refractivity contribution is -0.119. The molecule has 0 bridgehead atoms. The zero-order valence-corrected chi connectivity index (χ0v) is 12.3. The fourth-order valence-electron chi connectivity index (χ4n) is 2.13. The fourth-order valence-corrected chi connectivity index (χ4v) is 2.13. The highest BCUT2D eigenvalue weighted by atomic mass is 19.4. The van der Waals surface area contributed by atoms with Gasteiger partial charge in [0.15, 0.2) is 0 Å². The second kappa shape index (κ2) is 6.97. The Morgan fingerprint density at radius 1 is 1.25 bits per heavy atom. The van der Waals surface area contributed by atoms with Crippen LogP contribution in [0.4, 0.5) is 18.9 Å². The quantitative estimate of drug-likeness (QED) is 0.865. The van der Waals surface area contributed by atoms with Gasteiger partial charge in [-0.2, -0.15) is 13.2 Å². The van der Waals surface area contributed by atoms with Crippen molar-refractivity contribution in [2.24, 2.45) is 5.73 Å². The van der Waals surface area contributed by atoms with Crippen LogP contribution in [0, 0.1) is 6.92 Å². The van der Waals surface area contributed by atoms with Crippen molar-refractivity contribution in [3.8, 4) is 0 Å². The lowest BCUT2D eigenvalue weighted by Crippen LogP contribution is -2.34. The average molecular weight is 288 g/mol. The first kappa shape index (κ1) is 16.8. The minimum absolute atomic E-state index is 0.0944. The first-order valence-corrected chi connectivity index (χ1v) is 6.93. The molecule has 0 saturated carbocycles. The maximum Gasteiger partial charge on any atom is 0.405 e. The Kier molecular flexibility index (Phi) is 5.87. The van der Waals surface area contributed by atoms with Crippen molar-refractivity contribution in [3.05, 3.63) is 29.3 Å². The number of nitrogens with two attached hydrogens (primary N) is 1. The number of alkyl halides is 3. The van der Waals surface area contributed by atoms with E-state index < -0.39 is 12.7 Å². The first-order valence-electron chi connectivity index (χ1n) is 6.93. The van der Waals surface area contributed by atoms with Crippen LogP contribution in [0.15, 0.2) is 18.2 Å². The molecule has 0 amide bonds. The van der Waals surface area contributed by atoms with E-state index in [1.807, 2.05) is 26.0 Å². The number of aryl methyl sites for hydroxylation is 1. The molecule has 5 heteroatoms. The van der Waals surface area contributed by atoms with Gasteiger partial charge < -0.3 is 10.6 Å². The summed E-state index contributed by atoms with van der Waals surface area (Å²) in [5.74, 6) is 0. The topological polar surface area (TPSA) is 29.3 Å². The van der Waals surface area contributed by atoms with Crippen LogP contribution in [-0.2, 0) is 6.42 Å². The van der Waals surface area contributed by atoms with Crippen molar-refractivity contribution in [2.75, 3.05) is 18.0 Å². The van der Waals surface area contributed by atoms with Crippen LogP contribution in [-0.4, -0.2) is 25.3 Å². The molecule has 1 aromatic carbocycles. The smallest absolute Gasteiger partial charge is 0.363 e. The van der Waals surface area contributed by atoms with Gasteiger partial charge in [0, 0.05) is 18.3 Å². The van der Waals surface area contributed by atoms with Gasteiger partial charge in [0.2, 0.25) is 0 Å². The van der Waals surface area contributed by atoms with Gasteiger partial charge in [0.25, 0.3) is 0 Å². The SMILES string of the molecule is CCC(N)Cc1ccc(N(CC)CC(F)(F)F)cc1C. The Morgan fingerprint density at radius 3 is 2.35 bits per heavy atom. The van der Waals surface area contributed by atoms with E-state index in [0.717, 1.165) is 24.0 Å². The van der Waals surface area contributed by atoms with Crippen molar-refractivity contribution in [2.45, 2.75) is 45.8 Å². The molecule has 0 heterocycles. The Hall–Kier alpha value is -1.23. The highest BCUT2D eigenvalue weighted by Gasteiger charge is 2.30. The van der Waals surface area contributed by atoms with Gasteiger partial charge in [-0.25, -0.2) is 0 Å². The van der Waals surface area contributed by atoms with E-state index in [1.165, 1.54) is 4.90 Å². The van der Waals surface area contributed by atoms with Gasteiger partial charge in [-0.1, -0.05) is 13.0 Å². The molecule has 1 atom stereocenters. The third-order valence-corrected chi connectivity index (χ3v) is 3.45. The van der Waals surface area contributed by atoms with Gasteiger partial charge >= 0.3 is 6.18 Å². The molecule has 0 aromatic heterocycles. The summed E-state index contributed by atoms with van der Waals surface area (Å²) in [6, 6.07) is 5.54. The molecule has 2 nitrogen and oxygen atoms in total. The van der Waals surface area contributed by atoms with Crippen LogP contribution in [0.1, 0.15) is 31.4 Å². The molecule has 1 unspecified atom stereocenters. The monoisotopic (exact) mass is 288 g/mol. The van der Waals surface area contributed by atoms with E-state index in [2.05, 4.69) is 0 Å². The van der Waals surface area contributed by atoms with Crippen LogP contribution >= 0.6 is 0 Å². The minimum atomic E-state index is -4.19. The molecule has 0 spiro atoms. The van der Waals surface area contributed by atoms with E-state index in [4.69, 9.17) is 5.73 Å². The van der Waals surface area contributed by atoms with Gasteiger partial charge in [-0.3, -0.25) is 0 Å². The molecule has 0 aliphatic heterocycles. The van der Waals surface area contributed by atoms with Crippen LogP contribution in [0.25, 0.3) is 0 Å². The molecule has 0 fully saturated rings. The van der Waals surface area contributed by atoms with E-state index in [0.29, 0.717) is 12.2 Å². The molecular weight excluding hydrogens is 265 g/mol. The van der Waals surface area contributed by atoms with E-state index in [-0.39, 0.29) is 6.04 Å². The average Bonchev–Trinajstić information content (AvgIpc) is 2.37. The molecule has 0 aliphatic carbocycles. The van der Waals surface area contributed by atoms with E-state index in [1.54, 1.807) is 13.0 Å². The van der Waals surface area contributed by atoms with Crippen molar-refractivity contribution in [1.82, 2.24) is 0 Å². The highest BCUT2D eigenvalue weighted by Crippen LogP contribution is 2.24. The highest BCUT2D eigenvalue weighted by molar-refractivity contribution is 5.51. The molecule has 0 radical (unpaired) electrons. The number of rotatable bonds is 6. The molecule has 1 rings (SSSR count). The maximum atomic E-state index is 12.5. The van der Waals surface area contributed by atoms with Crippen LogP contribution < -0.4 is 10.6 Å². The van der Waals surface area contributed by atoms with Gasteiger partial charge in [0.1, 0.15) is 6.54 Å². The Bertz CT molecular complexity index is 430. The lowest BCUT2D eigenvalue weighted by Gasteiger charge is -2.25. The summed E-state index contributed by atoms with van der Waals surface area (Å²) >= 11 is 0. The lowest BCUT2D eigenvalue weighted by atomic mass is 9.99. The summed E-state index contributed by atoms with van der Waals surface area (Å²) < 4.78 is 37.6. The normalized spacial score (nSPS) is 13.3. The third kappa shape index (κ3) is 5.04. The molecule has 2 N–H and O–H groups in total. The Morgan fingerprint density at radius 2 is 1.90 bits per heavy atom. The van der Waals surface area contributed by atoms with E-state index >= 15 is 0 Å². The molecule has 0 aliphatic rings. The second-order valence-corrected chi connectivity index (χ2v) is 5.11. The van der Waals surface area contributed by atoms with Crippen LogP contribution in [0.2, 0.25) is 0 Å². The Balaban J connectivity index is 2.89. The number of halogens is 3. The minimum Gasteiger partial charge on any atom is -0.363 e. The summed E-state index contributed by atoms with van der Waals surface area (Å²) in [6.45, 7) is 5.07. The fraction of sp³-hybridized carbons (Fsp3) is 0.600. The van der Waals surface area contributed by atoms with Crippen LogP contribution in [0.5, 0.6) is 0 Å². The number of hydrogen-bond donors (Lipinski definition) is 1.